The number of ether oxygens (including phenoxy) is 1. The summed E-state index contributed by atoms with van der Waals surface area (Å²) in [5, 5.41) is 0. The fourth-order valence-electron chi connectivity index (χ4n) is 2.83. The van der Waals surface area contributed by atoms with E-state index in [0.29, 0.717) is 5.75 Å². The van der Waals surface area contributed by atoms with Crippen LogP contribution in [0.3, 0.4) is 0 Å². The van der Waals surface area contributed by atoms with Crippen LogP contribution in [0.5, 0.6) is 5.75 Å². The van der Waals surface area contributed by atoms with Gasteiger partial charge in [0.25, 0.3) is 5.91 Å². The zero-order valence-corrected chi connectivity index (χ0v) is 12.5. The van der Waals surface area contributed by atoms with Gasteiger partial charge >= 0.3 is 0 Å². The first kappa shape index (κ1) is 14.6. The average molecular weight is 299 g/mol. The Bertz CT molecular complexity index is 672. The van der Waals surface area contributed by atoms with Crippen LogP contribution in [-0.2, 0) is 11.2 Å². The molecule has 1 amide bonds. The number of para-hydroxylation sites is 1. The molecule has 4 heteroatoms. The van der Waals surface area contributed by atoms with Crippen molar-refractivity contribution in [2.24, 2.45) is 0 Å². The summed E-state index contributed by atoms with van der Waals surface area (Å²) in [5.41, 5.74) is 1.67. The van der Waals surface area contributed by atoms with Gasteiger partial charge in [0.05, 0.1) is 0 Å². The standard InChI is InChI=1S/C18H18FNO2/c1-13-7-8-14-11-15(19)9-10-17(14)20(13)18(21)12-22-16-5-3-2-4-6-16/h2-6,9-11,13H,7-8,12H2,1H3/t13-/m0/s1. The first-order valence-electron chi connectivity index (χ1n) is 7.43. The number of fused-ring (bicyclic) bond motifs is 1. The number of hydrogen-bond donors (Lipinski definition) is 0. The molecule has 1 atom stereocenters. The molecule has 0 fully saturated rings. The van der Waals surface area contributed by atoms with Crippen LogP contribution in [0.4, 0.5) is 10.1 Å². The molecule has 1 aliphatic rings. The maximum atomic E-state index is 13.4. The molecule has 0 saturated heterocycles. The Morgan fingerprint density at radius 1 is 1.27 bits per heavy atom. The topological polar surface area (TPSA) is 29.5 Å². The maximum absolute atomic E-state index is 13.4. The molecule has 3 nitrogen and oxygen atoms in total. The van der Waals surface area contributed by atoms with Gasteiger partial charge in [-0.15, -0.1) is 0 Å². The van der Waals surface area contributed by atoms with Crippen LogP contribution >= 0.6 is 0 Å². The summed E-state index contributed by atoms with van der Waals surface area (Å²) >= 11 is 0. The number of carbonyl (C=O) groups is 1. The lowest BCUT2D eigenvalue weighted by atomic mass is 9.96. The second kappa shape index (κ2) is 6.18. The molecule has 0 N–H and O–H groups in total. The van der Waals surface area contributed by atoms with E-state index >= 15 is 0 Å². The Hall–Kier alpha value is -2.36. The van der Waals surface area contributed by atoms with Crippen molar-refractivity contribution in [3.05, 3.63) is 59.9 Å². The molecule has 0 unspecified atom stereocenters. The van der Waals surface area contributed by atoms with Crippen molar-refractivity contribution in [2.75, 3.05) is 11.5 Å². The predicted molar refractivity (Wildman–Crippen MR) is 83.6 cm³/mol. The van der Waals surface area contributed by atoms with Crippen LogP contribution in [0.1, 0.15) is 18.9 Å². The van der Waals surface area contributed by atoms with Crippen molar-refractivity contribution in [1.82, 2.24) is 0 Å². The number of carbonyl (C=O) groups excluding carboxylic acids is 1. The third-order valence-corrected chi connectivity index (χ3v) is 3.95. The van der Waals surface area contributed by atoms with Crippen molar-refractivity contribution in [1.29, 1.82) is 0 Å². The van der Waals surface area contributed by atoms with E-state index in [-0.39, 0.29) is 24.4 Å². The monoisotopic (exact) mass is 299 g/mol. The summed E-state index contributed by atoms with van der Waals surface area (Å²) in [6.45, 7) is 1.98. The molecule has 1 aliphatic heterocycles. The highest BCUT2D eigenvalue weighted by atomic mass is 19.1. The van der Waals surface area contributed by atoms with Crippen molar-refractivity contribution >= 4 is 11.6 Å². The molecule has 3 rings (SSSR count). The van der Waals surface area contributed by atoms with E-state index in [0.717, 1.165) is 24.1 Å². The smallest absolute Gasteiger partial charge is 0.265 e. The molecule has 0 bridgehead atoms. The summed E-state index contributed by atoms with van der Waals surface area (Å²) in [4.78, 5) is 14.3. The number of hydrogen-bond acceptors (Lipinski definition) is 2. The van der Waals surface area contributed by atoms with Crippen LogP contribution in [0, 0.1) is 5.82 Å². The van der Waals surface area contributed by atoms with Crippen molar-refractivity contribution < 1.29 is 13.9 Å². The normalized spacial score (nSPS) is 17.0. The molecule has 22 heavy (non-hydrogen) atoms. The quantitative estimate of drug-likeness (QED) is 0.867. The van der Waals surface area contributed by atoms with Gasteiger partial charge in [-0.3, -0.25) is 4.79 Å². The molecule has 0 radical (unpaired) electrons. The van der Waals surface area contributed by atoms with Crippen molar-refractivity contribution in [2.45, 2.75) is 25.8 Å². The molecule has 0 aromatic heterocycles. The molecule has 1 heterocycles. The lowest BCUT2D eigenvalue weighted by molar-refractivity contribution is -0.121. The summed E-state index contributed by atoms with van der Waals surface area (Å²) < 4.78 is 18.9. The minimum absolute atomic E-state index is 0.0226. The second-order valence-electron chi connectivity index (χ2n) is 5.53. The van der Waals surface area contributed by atoms with Gasteiger partial charge in [0.1, 0.15) is 11.6 Å². The van der Waals surface area contributed by atoms with E-state index in [1.807, 2.05) is 37.3 Å². The number of halogens is 1. The second-order valence-corrected chi connectivity index (χ2v) is 5.53. The molecule has 114 valence electrons. The summed E-state index contributed by atoms with van der Waals surface area (Å²) in [5.74, 6) is 0.296. The molecular formula is C18H18FNO2. The number of nitrogens with zero attached hydrogens (tertiary/aromatic N) is 1. The zero-order chi connectivity index (χ0) is 15.5. The minimum Gasteiger partial charge on any atom is -0.484 e. The minimum atomic E-state index is -0.263. The largest absolute Gasteiger partial charge is 0.484 e. The SMILES string of the molecule is C[C@H]1CCc2cc(F)ccc2N1C(=O)COc1ccccc1. The Labute approximate surface area is 129 Å². The van der Waals surface area contributed by atoms with Gasteiger partial charge in [0, 0.05) is 11.7 Å². The van der Waals surface area contributed by atoms with E-state index in [2.05, 4.69) is 0 Å². The van der Waals surface area contributed by atoms with E-state index in [1.54, 1.807) is 11.0 Å². The van der Waals surface area contributed by atoms with Crippen LogP contribution in [0.25, 0.3) is 0 Å². The van der Waals surface area contributed by atoms with Crippen LogP contribution < -0.4 is 9.64 Å². The van der Waals surface area contributed by atoms with Gasteiger partial charge in [-0.05, 0) is 55.7 Å². The third-order valence-electron chi connectivity index (χ3n) is 3.95. The average Bonchev–Trinajstić information content (AvgIpc) is 2.54. The highest BCUT2D eigenvalue weighted by Crippen LogP contribution is 2.31. The van der Waals surface area contributed by atoms with Crippen molar-refractivity contribution in [3.8, 4) is 5.75 Å². The maximum Gasteiger partial charge on any atom is 0.265 e. The Morgan fingerprint density at radius 3 is 2.82 bits per heavy atom. The first-order chi connectivity index (χ1) is 10.6. The number of aryl methyl sites for hydroxylation is 1. The van der Waals surface area contributed by atoms with E-state index < -0.39 is 0 Å². The predicted octanol–water partition coefficient (Wildman–Crippen LogP) is 3.57. The Morgan fingerprint density at radius 2 is 2.05 bits per heavy atom. The number of benzene rings is 2. The Balaban J connectivity index is 1.77. The highest BCUT2D eigenvalue weighted by molar-refractivity contribution is 5.96. The zero-order valence-electron chi connectivity index (χ0n) is 12.5. The summed E-state index contributed by atoms with van der Waals surface area (Å²) in [6, 6.07) is 13.9. The van der Waals surface area contributed by atoms with Gasteiger partial charge < -0.3 is 9.64 Å². The fraction of sp³-hybridized carbons (Fsp3) is 0.278. The van der Waals surface area contributed by atoms with Gasteiger partial charge in [0.2, 0.25) is 0 Å². The van der Waals surface area contributed by atoms with Crippen molar-refractivity contribution in [3.63, 3.8) is 0 Å². The van der Waals surface area contributed by atoms with E-state index in [1.165, 1.54) is 12.1 Å². The molecule has 2 aromatic carbocycles. The van der Waals surface area contributed by atoms with Crippen LogP contribution in [-0.4, -0.2) is 18.6 Å². The molecule has 0 aliphatic carbocycles. The molecular weight excluding hydrogens is 281 g/mol. The lowest BCUT2D eigenvalue weighted by Crippen LogP contribution is -2.44. The van der Waals surface area contributed by atoms with E-state index in [9.17, 15) is 9.18 Å². The number of rotatable bonds is 3. The van der Waals surface area contributed by atoms with Gasteiger partial charge in [0.15, 0.2) is 6.61 Å². The summed E-state index contributed by atoms with van der Waals surface area (Å²) in [6.07, 6.45) is 1.62. The van der Waals surface area contributed by atoms with Crippen LogP contribution in [0.15, 0.2) is 48.5 Å². The molecule has 0 spiro atoms. The van der Waals surface area contributed by atoms with E-state index in [4.69, 9.17) is 4.74 Å². The fourth-order valence-corrected chi connectivity index (χ4v) is 2.83. The molecule has 0 saturated carbocycles. The summed E-state index contributed by atoms with van der Waals surface area (Å²) in [7, 11) is 0. The number of amides is 1. The lowest BCUT2D eigenvalue weighted by Gasteiger charge is -2.35. The first-order valence-corrected chi connectivity index (χ1v) is 7.43. The Kier molecular flexibility index (Phi) is 4.09. The number of anilines is 1. The molecule has 2 aromatic rings. The van der Waals surface area contributed by atoms with Gasteiger partial charge in [-0.2, -0.15) is 0 Å². The highest BCUT2D eigenvalue weighted by Gasteiger charge is 2.28. The van der Waals surface area contributed by atoms with Crippen LogP contribution in [0.2, 0.25) is 0 Å². The third kappa shape index (κ3) is 2.96. The van der Waals surface area contributed by atoms with Gasteiger partial charge in [-0.1, -0.05) is 18.2 Å². The van der Waals surface area contributed by atoms with Gasteiger partial charge in [-0.25, -0.2) is 4.39 Å².